The van der Waals surface area contributed by atoms with Crippen molar-refractivity contribution in [2.24, 2.45) is 11.8 Å². The highest BCUT2D eigenvalue weighted by atomic mass is 16.5. The number of fused-ring (bicyclic) bond motifs is 4. The molecule has 28 heavy (non-hydrogen) atoms. The molecule has 0 spiro atoms. The fraction of sp³-hybridized carbons (Fsp3) is 0.625. The normalized spacial score (nSPS) is 31.4. The Hall–Kier alpha value is -1.65. The molecule has 4 heterocycles. The van der Waals surface area contributed by atoms with Crippen molar-refractivity contribution in [1.82, 2.24) is 9.88 Å². The van der Waals surface area contributed by atoms with Crippen LogP contribution in [0.1, 0.15) is 63.5 Å². The molecule has 0 radical (unpaired) electrons. The smallest absolute Gasteiger partial charge is 0.120 e. The van der Waals surface area contributed by atoms with E-state index in [0.717, 1.165) is 66.4 Å². The van der Waals surface area contributed by atoms with E-state index in [2.05, 4.69) is 22.9 Å². The van der Waals surface area contributed by atoms with Crippen LogP contribution in [0.25, 0.3) is 10.9 Å². The molecule has 1 aromatic heterocycles. The van der Waals surface area contributed by atoms with Crippen molar-refractivity contribution in [3.63, 3.8) is 0 Å². The third kappa shape index (κ3) is 3.31. The Balaban J connectivity index is 1.43. The number of aliphatic hydroxyl groups is 1. The van der Waals surface area contributed by atoms with Gasteiger partial charge < -0.3 is 9.84 Å². The quantitative estimate of drug-likeness (QED) is 0.816. The highest BCUT2D eigenvalue weighted by Gasteiger charge is 2.42. The minimum atomic E-state index is -0.465. The summed E-state index contributed by atoms with van der Waals surface area (Å²) in [5.74, 6) is 2.49. The van der Waals surface area contributed by atoms with Gasteiger partial charge in [0.05, 0.1) is 17.7 Å². The second-order valence-electron chi connectivity index (χ2n) is 9.06. The minimum absolute atomic E-state index is 0.228. The second kappa shape index (κ2) is 7.64. The molecule has 4 aliphatic rings. The zero-order valence-corrected chi connectivity index (χ0v) is 16.9. The van der Waals surface area contributed by atoms with Gasteiger partial charge in [-0.25, -0.2) is 0 Å². The van der Waals surface area contributed by atoms with Crippen LogP contribution in [0, 0.1) is 11.8 Å². The van der Waals surface area contributed by atoms with Crippen LogP contribution in [0.3, 0.4) is 0 Å². The molecular formula is C24H32N2O2. The van der Waals surface area contributed by atoms with Crippen LogP contribution >= 0.6 is 0 Å². The number of hydrogen-bond acceptors (Lipinski definition) is 4. The molecule has 1 aromatic carbocycles. The van der Waals surface area contributed by atoms with Gasteiger partial charge in [-0.15, -0.1) is 0 Å². The Morgan fingerprint density at radius 3 is 2.82 bits per heavy atom. The number of rotatable bonds is 5. The topological polar surface area (TPSA) is 45.6 Å². The van der Waals surface area contributed by atoms with Crippen molar-refractivity contribution >= 4 is 10.9 Å². The average molecular weight is 381 g/mol. The van der Waals surface area contributed by atoms with E-state index >= 15 is 0 Å². The van der Waals surface area contributed by atoms with Crippen molar-refractivity contribution in [3.8, 4) is 5.75 Å². The third-order valence-corrected chi connectivity index (χ3v) is 7.50. The lowest BCUT2D eigenvalue weighted by molar-refractivity contribution is -0.0562. The molecule has 2 aromatic rings. The lowest BCUT2D eigenvalue weighted by atomic mass is 9.72. The summed E-state index contributed by atoms with van der Waals surface area (Å²) >= 11 is 0. The first kappa shape index (κ1) is 18.4. The van der Waals surface area contributed by atoms with Crippen LogP contribution in [0.15, 0.2) is 30.5 Å². The summed E-state index contributed by atoms with van der Waals surface area (Å²) in [7, 11) is 0. The molecule has 4 heteroatoms. The molecule has 5 atom stereocenters. The highest BCUT2D eigenvalue weighted by molar-refractivity contribution is 5.84. The average Bonchev–Trinajstić information content (AvgIpc) is 3.26. The summed E-state index contributed by atoms with van der Waals surface area (Å²) in [6, 6.07) is 8.40. The predicted molar refractivity (Wildman–Crippen MR) is 111 cm³/mol. The van der Waals surface area contributed by atoms with Gasteiger partial charge in [0, 0.05) is 24.2 Å². The van der Waals surface area contributed by atoms with Crippen LogP contribution in [0.4, 0.5) is 0 Å². The van der Waals surface area contributed by atoms with E-state index in [4.69, 9.17) is 4.74 Å². The van der Waals surface area contributed by atoms with Gasteiger partial charge in [0.15, 0.2) is 0 Å². The fourth-order valence-electron chi connectivity index (χ4n) is 5.85. The first-order chi connectivity index (χ1) is 13.7. The molecule has 1 saturated carbocycles. The maximum Gasteiger partial charge on any atom is 0.120 e. The number of pyridine rings is 1. The molecule has 3 aliphatic heterocycles. The monoisotopic (exact) mass is 380 g/mol. The van der Waals surface area contributed by atoms with Gasteiger partial charge in [0.25, 0.3) is 0 Å². The van der Waals surface area contributed by atoms with Crippen LogP contribution in [0.5, 0.6) is 5.75 Å². The van der Waals surface area contributed by atoms with Crippen LogP contribution in [0.2, 0.25) is 0 Å². The summed E-state index contributed by atoms with van der Waals surface area (Å²) in [5, 5.41) is 12.4. The van der Waals surface area contributed by atoms with Crippen molar-refractivity contribution in [3.05, 3.63) is 36.0 Å². The predicted octanol–water partition coefficient (Wildman–Crippen LogP) is 4.71. The van der Waals surface area contributed by atoms with Gasteiger partial charge in [-0.05, 0) is 86.7 Å². The summed E-state index contributed by atoms with van der Waals surface area (Å²) in [4.78, 5) is 7.07. The Morgan fingerprint density at radius 2 is 2.07 bits per heavy atom. The van der Waals surface area contributed by atoms with Crippen LogP contribution in [-0.2, 0) is 0 Å². The van der Waals surface area contributed by atoms with E-state index in [0.29, 0.717) is 6.10 Å². The standard InChI is InChI=1S/C24H32N2O2/c1-2-16-15-26-12-10-17(16)13-23(26)24(27)20-9-11-25-22-8-7-19(14-21(20)22)28-18-5-3-4-6-18/h7-9,11,14,16-18,23-24,27H,2-6,10,12-13,15H2,1H3/t16-,17-,23-,24+/m0/s1. The molecule has 3 saturated heterocycles. The Morgan fingerprint density at radius 1 is 1.21 bits per heavy atom. The molecule has 150 valence electrons. The van der Waals surface area contributed by atoms with E-state index in [9.17, 15) is 5.11 Å². The molecule has 1 N–H and O–H groups in total. The summed E-state index contributed by atoms with van der Waals surface area (Å²) in [5.41, 5.74) is 1.95. The van der Waals surface area contributed by atoms with Crippen molar-refractivity contribution < 1.29 is 9.84 Å². The fourth-order valence-corrected chi connectivity index (χ4v) is 5.85. The lowest BCUT2D eigenvalue weighted by Gasteiger charge is -2.51. The van der Waals surface area contributed by atoms with E-state index < -0.39 is 6.10 Å². The van der Waals surface area contributed by atoms with E-state index in [1.807, 2.05) is 24.4 Å². The first-order valence-corrected chi connectivity index (χ1v) is 11.2. The zero-order valence-electron chi connectivity index (χ0n) is 16.9. The van der Waals surface area contributed by atoms with Gasteiger partial charge in [-0.3, -0.25) is 9.88 Å². The van der Waals surface area contributed by atoms with E-state index in [1.54, 1.807) is 0 Å². The molecular weight excluding hydrogens is 348 g/mol. The van der Waals surface area contributed by atoms with Crippen molar-refractivity contribution in [2.45, 2.75) is 70.1 Å². The minimum Gasteiger partial charge on any atom is -0.490 e. The van der Waals surface area contributed by atoms with Gasteiger partial charge in [-0.2, -0.15) is 0 Å². The largest absolute Gasteiger partial charge is 0.490 e. The number of piperidine rings is 3. The SMILES string of the molecule is CC[C@H]1CN2CC[C@H]1C[C@H]2[C@H](O)c1ccnc2ccc(OC3CCCC3)cc12. The molecule has 4 nitrogen and oxygen atoms in total. The number of ether oxygens (including phenoxy) is 1. The number of benzene rings is 1. The van der Waals surface area contributed by atoms with Gasteiger partial charge in [0.2, 0.25) is 0 Å². The first-order valence-electron chi connectivity index (χ1n) is 11.2. The number of aliphatic hydroxyl groups excluding tert-OH is 1. The number of nitrogens with zero attached hydrogens (tertiary/aromatic N) is 2. The maximum atomic E-state index is 11.4. The van der Waals surface area contributed by atoms with Crippen molar-refractivity contribution in [2.75, 3.05) is 13.1 Å². The van der Waals surface area contributed by atoms with E-state index in [-0.39, 0.29) is 6.04 Å². The molecule has 4 fully saturated rings. The van der Waals surface area contributed by atoms with Crippen LogP contribution in [-0.4, -0.2) is 40.2 Å². The molecule has 1 aliphatic carbocycles. The Bertz CT molecular complexity index is 832. The third-order valence-electron chi connectivity index (χ3n) is 7.50. The van der Waals surface area contributed by atoms with Gasteiger partial charge in [0.1, 0.15) is 5.75 Å². The van der Waals surface area contributed by atoms with Gasteiger partial charge in [-0.1, -0.05) is 13.3 Å². The number of aromatic nitrogens is 1. The molecule has 1 unspecified atom stereocenters. The zero-order chi connectivity index (χ0) is 19.1. The Kier molecular flexibility index (Phi) is 5.02. The summed E-state index contributed by atoms with van der Waals surface area (Å²) in [6.07, 6.45) is 10.2. The highest BCUT2D eigenvalue weighted by Crippen LogP contribution is 2.43. The lowest BCUT2D eigenvalue weighted by Crippen LogP contribution is -2.55. The molecule has 6 rings (SSSR count). The van der Waals surface area contributed by atoms with E-state index in [1.165, 1.54) is 25.7 Å². The number of hydrogen-bond donors (Lipinski definition) is 1. The summed E-state index contributed by atoms with van der Waals surface area (Å²) < 4.78 is 6.22. The Labute approximate surface area is 167 Å². The van der Waals surface area contributed by atoms with Crippen LogP contribution < -0.4 is 4.74 Å². The molecule has 2 bridgehead atoms. The second-order valence-corrected chi connectivity index (χ2v) is 9.06. The van der Waals surface area contributed by atoms with Gasteiger partial charge >= 0.3 is 0 Å². The molecule has 0 amide bonds. The maximum absolute atomic E-state index is 11.4. The van der Waals surface area contributed by atoms with Crippen molar-refractivity contribution in [1.29, 1.82) is 0 Å². The summed E-state index contributed by atoms with van der Waals surface area (Å²) in [6.45, 7) is 4.57.